The van der Waals surface area contributed by atoms with Gasteiger partial charge in [0.25, 0.3) is 0 Å². The van der Waals surface area contributed by atoms with Crippen molar-refractivity contribution >= 4 is 11.8 Å². The van der Waals surface area contributed by atoms with E-state index in [9.17, 15) is 9.59 Å². The zero-order valence-electron chi connectivity index (χ0n) is 11.1. The second-order valence-electron chi connectivity index (χ2n) is 4.40. The van der Waals surface area contributed by atoms with Crippen molar-refractivity contribution in [2.24, 2.45) is 0 Å². The van der Waals surface area contributed by atoms with E-state index in [1.165, 1.54) is 18.2 Å². The van der Waals surface area contributed by atoms with Crippen molar-refractivity contribution in [3.8, 4) is 0 Å². The van der Waals surface area contributed by atoms with Crippen molar-refractivity contribution in [3.63, 3.8) is 0 Å². The van der Waals surface area contributed by atoms with E-state index in [1.807, 2.05) is 12.1 Å². The molecule has 0 aromatic heterocycles. The molecule has 0 saturated carbocycles. The van der Waals surface area contributed by atoms with Gasteiger partial charge in [-0.15, -0.1) is 0 Å². The normalized spacial score (nSPS) is 10.1. The second kappa shape index (κ2) is 7.64. The number of aryl methyl sites for hydroxylation is 2. The number of methoxy groups -OCH3 is 1. The summed E-state index contributed by atoms with van der Waals surface area (Å²) in [6.45, 7) is 1.61. The molecule has 98 valence electrons. The summed E-state index contributed by atoms with van der Waals surface area (Å²) in [5.74, 6) is 0.0376. The third-order valence-corrected chi connectivity index (χ3v) is 2.92. The molecule has 0 fully saturated rings. The van der Waals surface area contributed by atoms with Crippen molar-refractivity contribution in [3.05, 3.63) is 35.4 Å². The van der Waals surface area contributed by atoms with Gasteiger partial charge in [0, 0.05) is 12.8 Å². The Bertz CT molecular complexity index is 410. The van der Waals surface area contributed by atoms with E-state index in [-0.39, 0.29) is 11.8 Å². The summed E-state index contributed by atoms with van der Waals surface area (Å²) < 4.78 is 4.61. The smallest absolute Gasteiger partial charge is 0.305 e. The molecule has 0 aliphatic rings. The molecule has 0 spiro atoms. The first kappa shape index (κ1) is 14.4. The highest BCUT2D eigenvalue weighted by Crippen LogP contribution is 2.14. The second-order valence-corrected chi connectivity index (χ2v) is 4.40. The molecule has 1 aromatic rings. The first-order valence-electron chi connectivity index (χ1n) is 6.26. The van der Waals surface area contributed by atoms with Gasteiger partial charge in [-0.3, -0.25) is 4.79 Å². The summed E-state index contributed by atoms with van der Waals surface area (Å²) in [4.78, 5) is 22.0. The molecule has 18 heavy (non-hydrogen) atoms. The van der Waals surface area contributed by atoms with Crippen LogP contribution in [0.1, 0.15) is 37.3 Å². The fourth-order valence-corrected chi connectivity index (χ4v) is 1.88. The van der Waals surface area contributed by atoms with Crippen molar-refractivity contribution in [1.29, 1.82) is 0 Å². The zero-order chi connectivity index (χ0) is 13.4. The Morgan fingerprint density at radius 2 is 1.67 bits per heavy atom. The lowest BCUT2D eigenvalue weighted by Crippen LogP contribution is -2.02. The van der Waals surface area contributed by atoms with Gasteiger partial charge >= 0.3 is 5.97 Å². The molecule has 0 aliphatic carbocycles. The topological polar surface area (TPSA) is 43.4 Å². The number of esters is 1. The van der Waals surface area contributed by atoms with Crippen LogP contribution in [0.2, 0.25) is 0 Å². The maximum Gasteiger partial charge on any atom is 0.305 e. The summed E-state index contributed by atoms with van der Waals surface area (Å²) >= 11 is 0. The Kier molecular flexibility index (Phi) is 6.12. The molecule has 1 aromatic carbocycles. The van der Waals surface area contributed by atoms with E-state index < -0.39 is 0 Å². The van der Waals surface area contributed by atoms with Gasteiger partial charge in [0.1, 0.15) is 5.78 Å². The molecule has 0 radical (unpaired) electrons. The van der Waals surface area contributed by atoms with Crippen molar-refractivity contribution in [2.75, 3.05) is 7.11 Å². The maximum absolute atomic E-state index is 11.0. The van der Waals surface area contributed by atoms with Crippen LogP contribution in [0.15, 0.2) is 24.3 Å². The van der Waals surface area contributed by atoms with Crippen LogP contribution in [0.4, 0.5) is 0 Å². The van der Waals surface area contributed by atoms with Crippen LogP contribution in [0.25, 0.3) is 0 Å². The summed E-state index contributed by atoms with van der Waals surface area (Å²) in [5, 5.41) is 0. The number of hydrogen-bond acceptors (Lipinski definition) is 3. The van der Waals surface area contributed by atoms with Gasteiger partial charge in [-0.05, 0) is 37.3 Å². The zero-order valence-corrected chi connectivity index (χ0v) is 11.1. The largest absolute Gasteiger partial charge is 0.469 e. The molecule has 3 nitrogen and oxygen atoms in total. The third-order valence-electron chi connectivity index (χ3n) is 2.92. The number of hydrogen-bond donors (Lipinski definition) is 0. The van der Waals surface area contributed by atoms with E-state index in [1.54, 1.807) is 6.92 Å². The number of carbonyl (C=O) groups excluding carboxylic acids is 2. The Hall–Kier alpha value is -1.64. The highest BCUT2D eigenvalue weighted by atomic mass is 16.5. The molecule has 0 unspecified atom stereocenters. The van der Waals surface area contributed by atoms with Crippen molar-refractivity contribution in [1.82, 2.24) is 0 Å². The van der Waals surface area contributed by atoms with E-state index in [2.05, 4.69) is 16.9 Å². The molecule has 0 amide bonds. The lowest BCUT2D eigenvalue weighted by molar-refractivity contribution is -0.140. The van der Waals surface area contributed by atoms with E-state index in [4.69, 9.17) is 0 Å². The lowest BCUT2D eigenvalue weighted by atomic mass is 9.98. The molecule has 1 rings (SSSR count). The predicted octanol–water partition coefficient (Wildman–Crippen LogP) is 2.70. The average Bonchev–Trinajstić information content (AvgIpc) is 2.37. The van der Waals surface area contributed by atoms with Gasteiger partial charge in [-0.1, -0.05) is 24.3 Å². The molecular weight excluding hydrogens is 228 g/mol. The predicted molar refractivity (Wildman–Crippen MR) is 70.4 cm³/mol. The minimum atomic E-state index is -0.170. The van der Waals surface area contributed by atoms with Gasteiger partial charge in [-0.25, -0.2) is 0 Å². The number of Topliss-reactive ketones (excluding diaryl/α,β-unsaturated/α-hetero) is 1. The summed E-state index contributed by atoms with van der Waals surface area (Å²) in [6, 6.07) is 8.09. The van der Waals surface area contributed by atoms with Crippen LogP contribution in [0.3, 0.4) is 0 Å². The molecule has 0 bridgehead atoms. The third kappa shape index (κ3) is 5.13. The molecule has 0 atom stereocenters. The Morgan fingerprint density at radius 3 is 2.22 bits per heavy atom. The fourth-order valence-electron chi connectivity index (χ4n) is 1.88. The van der Waals surface area contributed by atoms with Gasteiger partial charge < -0.3 is 9.53 Å². The Labute approximate surface area is 108 Å². The van der Waals surface area contributed by atoms with Crippen LogP contribution in [0, 0.1) is 0 Å². The van der Waals surface area contributed by atoms with Gasteiger partial charge in [0.15, 0.2) is 0 Å². The SMILES string of the molecule is COC(=O)CCCc1ccccc1CCC(C)=O. The minimum absolute atomic E-state index is 0.170. The van der Waals surface area contributed by atoms with Crippen LogP contribution < -0.4 is 0 Å². The number of benzene rings is 1. The first-order chi connectivity index (χ1) is 8.63. The lowest BCUT2D eigenvalue weighted by Gasteiger charge is -2.08. The number of carbonyl (C=O) groups is 2. The molecule has 0 heterocycles. The van der Waals surface area contributed by atoms with Crippen LogP contribution >= 0.6 is 0 Å². The van der Waals surface area contributed by atoms with Gasteiger partial charge in [0.05, 0.1) is 7.11 Å². The Balaban J connectivity index is 2.53. The monoisotopic (exact) mass is 248 g/mol. The van der Waals surface area contributed by atoms with Crippen LogP contribution in [-0.4, -0.2) is 18.9 Å². The highest BCUT2D eigenvalue weighted by Gasteiger charge is 2.05. The summed E-state index contributed by atoms with van der Waals surface area (Å²) in [6.07, 6.45) is 3.43. The summed E-state index contributed by atoms with van der Waals surface area (Å²) in [5.41, 5.74) is 2.43. The van der Waals surface area contributed by atoms with Crippen molar-refractivity contribution < 1.29 is 14.3 Å². The van der Waals surface area contributed by atoms with Crippen LogP contribution in [0.5, 0.6) is 0 Å². The highest BCUT2D eigenvalue weighted by molar-refractivity contribution is 5.75. The molecular formula is C15H20O3. The Morgan fingerprint density at radius 1 is 1.06 bits per heavy atom. The first-order valence-corrected chi connectivity index (χ1v) is 6.26. The number of ether oxygens (including phenoxy) is 1. The van der Waals surface area contributed by atoms with Crippen LogP contribution in [-0.2, 0) is 27.2 Å². The van der Waals surface area contributed by atoms with E-state index in [0.717, 1.165) is 19.3 Å². The van der Waals surface area contributed by atoms with Crippen molar-refractivity contribution in [2.45, 2.75) is 39.0 Å². The van der Waals surface area contributed by atoms with E-state index in [0.29, 0.717) is 12.8 Å². The molecule has 0 saturated heterocycles. The molecule has 0 aliphatic heterocycles. The average molecular weight is 248 g/mol. The minimum Gasteiger partial charge on any atom is -0.469 e. The fraction of sp³-hybridized carbons (Fsp3) is 0.467. The standard InChI is InChI=1S/C15H20O3/c1-12(16)10-11-14-7-4-3-6-13(14)8-5-9-15(17)18-2/h3-4,6-7H,5,8-11H2,1-2H3. The summed E-state index contributed by atoms with van der Waals surface area (Å²) in [7, 11) is 1.41. The molecule has 3 heteroatoms. The maximum atomic E-state index is 11.0. The molecule has 0 N–H and O–H groups in total. The quantitative estimate of drug-likeness (QED) is 0.697. The van der Waals surface area contributed by atoms with Gasteiger partial charge in [0.2, 0.25) is 0 Å². The van der Waals surface area contributed by atoms with E-state index >= 15 is 0 Å². The number of rotatable bonds is 7. The van der Waals surface area contributed by atoms with Gasteiger partial charge in [-0.2, -0.15) is 0 Å². The number of ketones is 1.